The maximum Gasteiger partial charge on any atom is 0.319 e. The van der Waals surface area contributed by atoms with E-state index in [0.717, 1.165) is 19.4 Å². The number of hydrogen-bond donors (Lipinski definition) is 0. The minimum atomic E-state index is -1.14. The third-order valence-electron chi connectivity index (χ3n) is 9.88. The molecule has 254 valence electrons. The minimum absolute atomic E-state index is 0.0205. The first-order valence-corrected chi connectivity index (χ1v) is 16.6. The highest BCUT2D eigenvalue weighted by atomic mass is 35.5. The van der Waals surface area contributed by atoms with Crippen LogP contribution in [0, 0.1) is 23.0 Å². The summed E-state index contributed by atoms with van der Waals surface area (Å²) in [6.45, 7) is 4.48. The quantitative estimate of drug-likeness (QED) is 0.146. The number of carbonyl (C=O) groups is 1. The zero-order chi connectivity index (χ0) is 34.6. The van der Waals surface area contributed by atoms with Crippen LogP contribution in [-0.4, -0.2) is 82.8 Å². The summed E-state index contributed by atoms with van der Waals surface area (Å²) in [5.74, 6) is -3.34. The van der Waals surface area contributed by atoms with Crippen LogP contribution in [-0.2, 0) is 4.79 Å². The number of rotatable bonds is 7. The van der Waals surface area contributed by atoms with Crippen LogP contribution in [0.4, 0.5) is 23.4 Å². The van der Waals surface area contributed by atoms with Gasteiger partial charge in [-0.15, -0.1) is 0 Å². The third kappa shape index (κ3) is 5.81. The summed E-state index contributed by atoms with van der Waals surface area (Å²) in [4.78, 5) is 26.8. The zero-order valence-corrected chi connectivity index (χ0v) is 27.7. The van der Waals surface area contributed by atoms with E-state index >= 15 is 4.39 Å². The molecule has 3 fully saturated rings. The molecule has 0 unspecified atom stereocenters. The van der Waals surface area contributed by atoms with Crippen LogP contribution in [0.3, 0.4) is 0 Å². The van der Waals surface area contributed by atoms with Gasteiger partial charge in [-0.3, -0.25) is 9.69 Å². The Morgan fingerprint density at radius 2 is 1.96 bits per heavy atom. The van der Waals surface area contributed by atoms with Gasteiger partial charge in [-0.25, -0.2) is 17.6 Å². The molecule has 3 saturated heterocycles. The molecule has 4 aromatic rings. The number of carbonyl (C=O) groups excluding carboxylic acids is 1. The summed E-state index contributed by atoms with van der Waals surface area (Å²) in [5, 5.41) is 10.4. The number of nitrogens with zero attached hydrogens (tertiary/aromatic N) is 6. The van der Waals surface area contributed by atoms with Crippen molar-refractivity contribution in [2.24, 2.45) is 0 Å². The summed E-state index contributed by atoms with van der Waals surface area (Å²) >= 11 is 13.2. The number of alkyl halides is 1. The fourth-order valence-corrected chi connectivity index (χ4v) is 8.20. The van der Waals surface area contributed by atoms with Crippen molar-refractivity contribution < 1.29 is 27.1 Å². The number of fused-ring (bicyclic) bond motifs is 3. The Kier molecular flexibility index (Phi) is 8.80. The van der Waals surface area contributed by atoms with E-state index in [2.05, 4.69) is 21.4 Å². The number of nitriles is 1. The molecule has 3 aliphatic heterocycles. The van der Waals surface area contributed by atoms with Gasteiger partial charge < -0.3 is 14.5 Å². The molecule has 1 amide bonds. The molecule has 0 saturated carbocycles. The summed E-state index contributed by atoms with van der Waals surface area (Å²) in [6.07, 6.45) is 0.812. The van der Waals surface area contributed by atoms with Gasteiger partial charge in [-0.05, 0) is 42.5 Å². The Morgan fingerprint density at radius 1 is 1.14 bits per heavy atom. The number of aromatic nitrogens is 2. The smallest absolute Gasteiger partial charge is 0.319 e. The molecule has 0 radical (unpaired) electrons. The Morgan fingerprint density at radius 3 is 2.73 bits per heavy atom. The van der Waals surface area contributed by atoms with Crippen LogP contribution in [0.1, 0.15) is 25.7 Å². The minimum Gasteiger partial charge on any atom is -0.461 e. The molecule has 0 aliphatic carbocycles. The molecule has 14 heteroatoms. The third-order valence-corrected chi connectivity index (χ3v) is 10.5. The van der Waals surface area contributed by atoms with Crippen molar-refractivity contribution >= 4 is 56.6 Å². The second kappa shape index (κ2) is 12.9. The van der Waals surface area contributed by atoms with Gasteiger partial charge in [0.25, 0.3) is 5.91 Å². The van der Waals surface area contributed by atoms with Crippen LogP contribution in [0.5, 0.6) is 6.01 Å². The molecule has 0 bridgehead atoms. The van der Waals surface area contributed by atoms with Gasteiger partial charge in [0.05, 0.1) is 34.1 Å². The molecular weight excluding hydrogens is 683 g/mol. The van der Waals surface area contributed by atoms with Gasteiger partial charge in [0.2, 0.25) is 0 Å². The highest BCUT2D eigenvalue weighted by molar-refractivity contribution is 6.38. The molecule has 8 nitrogen and oxygen atoms in total. The number of amides is 1. The molecular formula is C35H30Cl2F4N6O2. The van der Waals surface area contributed by atoms with Gasteiger partial charge >= 0.3 is 6.01 Å². The number of halogens is 6. The molecule has 49 heavy (non-hydrogen) atoms. The Balaban J connectivity index is 1.36. The number of hydrogen-bond acceptors (Lipinski definition) is 7. The second-order valence-corrected chi connectivity index (χ2v) is 13.6. The summed E-state index contributed by atoms with van der Waals surface area (Å²) in [5.41, 5.74) is -0.489. The number of benzene rings is 3. The lowest BCUT2D eigenvalue weighted by atomic mass is 9.95. The SMILES string of the molecule is C=C(F)C(=O)N1CCN(c2nc(OC[C@@]34CCCN3C[C@H](F)C4)nc3c(F)c(-c4cccc5ccc(F)c(Cl)c45)c(Cl)cc23)C[C@@H]1CC#N. The van der Waals surface area contributed by atoms with Crippen molar-refractivity contribution in [3.05, 3.63) is 70.5 Å². The maximum absolute atomic E-state index is 17.0. The number of anilines is 1. The largest absolute Gasteiger partial charge is 0.461 e. The van der Waals surface area contributed by atoms with Crippen molar-refractivity contribution in [1.82, 2.24) is 19.8 Å². The zero-order valence-electron chi connectivity index (χ0n) is 26.2. The van der Waals surface area contributed by atoms with Crippen LogP contribution in [0.15, 0.2) is 48.8 Å². The maximum atomic E-state index is 17.0. The molecule has 3 aliphatic rings. The van der Waals surface area contributed by atoms with E-state index in [1.807, 2.05) is 6.07 Å². The van der Waals surface area contributed by atoms with Crippen molar-refractivity contribution in [2.45, 2.75) is 43.4 Å². The van der Waals surface area contributed by atoms with Crippen LogP contribution in [0.25, 0.3) is 32.8 Å². The highest BCUT2D eigenvalue weighted by Gasteiger charge is 2.49. The lowest BCUT2D eigenvalue weighted by Crippen LogP contribution is -2.55. The fourth-order valence-electron chi connectivity index (χ4n) is 7.63. The van der Waals surface area contributed by atoms with Gasteiger partial charge in [0.15, 0.2) is 11.6 Å². The highest BCUT2D eigenvalue weighted by Crippen LogP contribution is 2.44. The van der Waals surface area contributed by atoms with E-state index in [4.69, 9.17) is 27.9 Å². The van der Waals surface area contributed by atoms with Gasteiger partial charge in [0, 0.05) is 48.9 Å². The summed E-state index contributed by atoms with van der Waals surface area (Å²) < 4.78 is 66.2. The number of piperazine rings is 1. The average Bonchev–Trinajstić information content (AvgIpc) is 3.61. The lowest BCUT2D eigenvalue weighted by molar-refractivity contribution is -0.131. The van der Waals surface area contributed by atoms with Gasteiger partial charge in [-0.1, -0.05) is 54.0 Å². The first-order chi connectivity index (χ1) is 23.5. The van der Waals surface area contributed by atoms with Crippen LogP contribution < -0.4 is 9.64 Å². The monoisotopic (exact) mass is 712 g/mol. The van der Waals surface area contributed by atoms with Crippen molar-refractivity contribution in [2.75, 3.05) is 44.2 Å². The van der Waals surface area contributed by atoms with Crippen LogP contribution in [0.2, 0.25) is 10.0 Å². The van der Waals surface area contributed by atoms with Crippen molar-refractivity contribution in [3.63, 3.8) is 0 Å². The van der Waals surface area contributed by atoms with Gasteiger partial charge in [0.1, 0.15) is 29.9 Å². The predicted octanol–water partition coefficient (Wildman–Crippen LogP) is 7.40. The molecule has 0 spiro atoms. The molecule has 4 heterocycles. The Labute approximate surface area is 289 Å². The van der Waals surface area contributed by atoms with Gasteiger partial charge in [-0.2, -0.15) is 15.2 Å². The standard InChI is InChI=1S/C35H30Cl2F4N6O2/c1-19(38)33(48)47-13-12-45(17-22(47)8-10-42)32-24-14-25(36)28(23-5-2-4-20-6-7-26(40)29(37)27(20)23)30(41)31(24)43-34(44-32)49-18-35-9-3-11-46(35)16-21(39)15-35/h2,4-7,14,21-22H,1,3,8-9,11-13,15-18H2/t21-,22+,35+/m1/s1. The molecule has 0 N–H and O–H groups in total. The number of ether oxygens (including phenoxy) is 1. The fraction of sp³-hybridized carbons (Fsp3) is 0.371. The first-order valence-electron chi connectivity index (χ1n) is 15.9. The van der Waals surface area contributed by atoms with E-state index in [9.17, 15) is 23.2 Å². The molecule has 3 atom stereocenters. The topological polar surface area (TPSA) is 85.6 Å². The molecule has 7 rings (SSSR count). The Hall–Kier alpha value is -4.18. The normalized spacial score (nSPS) is 22.5. The lowest BCUT2D eigenvalue weighted by Gasteiger charge is -2.41. The van der Waals surface area contributed by atoms with Crippen LogP contribution >= 0.6 is 23.2 Å². The Bertz CT molecular complexity index is 2060. The summed E-state index contributed by atoms with van der Waals surface area (Å²) in [7, 11) is 0. The van der Waals surface area contributed by atoms with E-state index < -0.39 is 41.1 Å². The van der Waals surface area contributed by atoms with E-state index in [0.29, 0.717) is 18.4 Å². The average molecular weight is 714 g/mol. The van der Waals surface area contributed by atoms with E-state index in [1.165, 1.54) is 23.1 Å². The molecule has 1 aromatic heterocycles. The summed E-state index contributed by atoms with van der Waals surface area (Å²) in [6, 6.07) is 10.4. The second-order valence-electron chi connectivity index (χ2n) is 12.8. The van der Waals surface area contributed by atoms with E-state index in [-0.39, 0.29) is 82.0 Å². The van der Waals surface area contributed by atoms with E-state index in [1.54, 1.807) is 23.1 Å². The van der Waals surface area contributed by atoms with Crippen molar-refractivity contribution in [1.29, 1.82) is 5.26 Å². The molecule has 3 aromatic carbocycles. The first kappa shape index (κ1) is 33.3. The van der Waals surface area contributed by atoms with Crippen molar-refractivity contribution in [3.8, 4) is 23.2 Å². The predicted molar refractivity (Wildman–Crippen MR) is 179 cm³/mol.